The first-order valence-corrected chi connectivity index (χ1v) is 11.1. The van der Waals surface area contributed by atoms with Crippen molar-refractivity contribution >= 4 is 40.0 Å². The third-order valence-electron chi connectivity index (χ3n) is 4.38. The van der Waals surface area contributed by atoms with Gasteiger partial charge in [-0.2, -0.15) is 0 Å². The number of aromatic nitrogens is 3. The van der Waals surface area contributed by atoms with Gasteiger partial charge in [-0.15, -0.1) is 11.3 Å². The molecule has 148 valence electrons. The molecule has 0 radical (unpaired) electrons. The first-order chi connectivity index (χ1) is 14.1. The van der Waals surface area contributed by atoms with Gasteiger partial charge in [0.15, 0.2) is 5.16 Å². The van der Waals surface area contributed by atoms with E-state index in [1.165, 1.54) is 16.6 Å². The number of carbonyl (C=O) groups is 1. The number of hydrogen-bond donors (Lipinski definition) is 2. The van der Waals surface area contributed by atoms with Gasteiger partial charge in [0.05, 0.1) is 17.0 Å². The SMILES string of the molecule is Cc1cc2nc(SCC(=O)NCCc3cccs3)n(-c3ccccc3)c(=O)c2[nH]1. The average molecular weight is 425 g/mol. The lowest BCUT2D eigenvalue weighted by molar-refractivity contribution is -0.118. The predicted molar refractivity (Wildman–Crippen MR) is 118 cm³/mol. The van der Waals surface area contributed by atoms with E-state index in [4.69, 9.17) is 0 Å². The molecule has 0 unspecified atom stereocenters. The Morgan fingerprint density at radius 3 is 2.83 bits per heavy atom. The summed E-state index contributed by atoms with van der Waals surface area (Å²) in [5, 5.41) is 5.46. The second kappa shape index (κ2) is 8.67. The van der Waals surface area contributed by atoms with Crippen molar-refractivity contribution in [3.8, 4) is 5.69 Å². The number of benzene rings is 1. The lowest BCUT2D eigenvalue weighted by Gasteiger charge is -2.12. The van der Waals surface area contributed by atoms with Crippen LogP contribution in [0.1, 0.15) is 10.6 Å². The van der Waals surface area contributed by atoms with E-state index in [2.05, 4.69) is 21.4 Å². The summed E-state index contributed by atoms with van der Waals surface area (Å²) in [6, 6.07) is 15.3. The fraction of sp³-hybridized carbons (Fsp3) is 0.190. The molecule has 6 nitrogen and oxygen atoms in total. The van der Waals surface area contributed by atoms with Crippen molar-refractivity contribution in [3.63, 3.8) is 0 Å². The van der Waals surface area contributed by atoms with Crippen LogP contribution in [0.25, 0.3) is 16.7 Å². The molecular formula is C21H20N4O2S2. The van der Waals surface area contributed by atoms with E-state index < -0.39 is 0 Å². The molecular weight excluding hydrogens is 404 g/mol. The summed E-state index contributed by atoms with van der Waals surface area (Å²) in [6.07, 6.45) is 0.815. The zero-order valence-corrected chi connectivity index (χ0v) is 17.5. The molecule has 0 aliphatic heterocycles. The van der Waals surface area contributed by atoms with Crippen LogP contribution in [0.3, 0.4) is 0 Å². The third-order valence-corrected chi connectivity index (χ3v) is 6.25. The second-order valence-electron chi connectivity index (χ2n) is 6.55. The monoisotopic (exact) mass is 424 g/mol. The molecule has 0 atom stereocenters. The molecule has 2 N–H and O–H groups in total. The highest BCUT2D eigenvalue weighted by Gasteiger charge is 2.16. The summed E-state index contributed by atoms with van der Waals surface area (Å²) < 4.78 is 1.56. The number of nitrogens with one attached hydrogen (secondary N) is 2. The van der Waals surface area contributed by atoms with Crippen molar-refractivity contribution < 1.29 is 4.79 Å². The Morgan fingerprint density at radius 2 is 2.07 bits per heavy atom. The highest BCUT2D eigenvalue weighted by molar-refractivity contribution is 7.99. The molecule has 0 saturated carbocycles. The minimum atomic E-state index is -0.171. The maximum absolute atomic E-state index is 13.1. The summed E-state index contributed by atoms with van der Waals surface area (Å²) in [4.78, 5) is 34.4. The first-order valence-electron chi connectivity index (χ1n) is 9.21. The van der Waals surface area contributed by atoms with E-state index >= 15 is 0 Å². The van der Waals surface area contributed by atoms with Crippen LogP contribution < -0.4 is 10.9 Å². The molecule has 3 aromatic heterocycles. The summed E-state index contributed by atoms with van der Waals surface area (Å²) in [7, 11) is 0. The Balaban J connectivity index is 1.54. The largest absolute Gasteiger partial charge is 0.355 e. The molecule has 1 amide bonds. The van der Waals surface area contributed by atoms with Crippen LogP contribution in [0.5, 0.6) is 0 Å². The molecule has 3 heterocycles. The number of nitrogens with zero attached hydrogens (tertiary/aromatic N) is 2. The van der Waals surface area contributed by atoms with E-state index in [9.17, 15) is 9.59 Å². The van der Waals surface area contributed by atoms with Crippen molar-refractivity contribution in [2.75, 3.05) is 12.3 Å². The van der Waals surface area contributed by atoms with Gasteiger partial charge in [-0.1, -0.05) is 36.0 Å². The predicted octanol–water partition coefficient (Wildman–Crippen LogP) is 3.53. The fourth-order valence-electron chi connectivity index (χ4n) is 3.04. The number of aryl methyl sites for hydroxylation is 1. The standard InChI is InChI=1S/C21H20N4O2S2/c1-14-12-17-19(23-14)20(27)25(15-6-3-2-4-7-15)21(24-17)29-13-18(26)22-10-9-16-8-5-11-28-16/h2-8,11-12,23H,9-10,13H2,1H3,(H,22,26). The van der Waals surface area contributed by atoms with Crippen molar-refractivity contribution in [2.45, 2.75) is 18.5 Å². The Morgan fingerprint density at radius 1 is 1.24 bits per heavy atom. The van der Waals surface area contributed by atoms with Crippen LogP contribution in [0.15, 0.2) is 63.9 Å². The van der Waals surface area contributed by atoms with E-state index in [0.717, 1.165) is 17.8 Å². The number of carbonyl (C=O) groups excluding carboxylic acids is 1. The van der Waals surface area contributed by atoms with Crippen LogP contribution in [0.4, 0.5) is 0 Å². The average Bonchev–Trinajstić information content (AvgIpc) is 3.36. The molecule has 8 heteroatoms. The maximum Gasteiger partial charge on any atom is 0.283 e. The number of thioether (sulfide) groups is 1. The molecule has 1 aromatic carbocycles. The first kappa shape index (κ1) is 19.5. The third kappa shape index (κ3) is 4.44. The molecule has 4 aromatic rings. The zero-order chi connectivity index (χ0) is 20.2. The van der Waals surface area contributed by atoms with Crippen LogP contribution >= 0.6 is 23.1 Å². The molecule has 29 heavy (non-hydrogen) atoms. The maximum atomic E-state index is 13.1. The van der Waals surface area contributed by atoms with Gasteiger partial charge in [0, 0.05) is 17.1 Å². The van der Waals surface area contributed by atoms with E-state index in [-0.39, 0.29) is 17.2 Å². The highest BCUT2D eigenvalue weighted by Crippen LogP contribution is 2.21. The number of H-pyrrole nitrogens is 1. The van der Waals surface area contributed by atoms with Gasteiger partial charge in [0.1, 0.15) is 5.52 Å². The number of amides is 1. The quantitative estimate of drug-likeness (QED) is 0.351. The van der Waals surface area contributed by atoms with Gasteiger partial charge in [0.2, 0.25) is 5.91 Å². The van der Waals surface area contributed by atoms with Gasteiger partial charge in [-0.05, 0) is 43.0 Å². The Kier molecular flexibility index (Phi) is 5.82. The van der Waals surface area contributed by atoms with E-state index in [0.29, 0.717) is 22.7 Å². The van der Waals surface area contributed by atoms with E-state index in [1.807, 2.05) is 54.8 Å². The number of fused-ring (bicyclic) bond motifs is 1. The smallest absolute Gasteiger partial charge is 0.283 e. The van der Waals surface area contributed by atoms with Crippen molar-refractivity contribution in [1.29, 1.82) is 0 Å². The molecule has 0 bridgehead atoms. The normalized spacial score (nSPS) is 11.1. The summed E-state index contributed by atoms with van der Waals surface area (Å²) in [6.45, 7) is 2.48. The number of rotatable bonds is 7. The van der Waals surface area contributed by atoms with E-state index in [1.54, 1.807) is 15.9 Å². The molecule has 4 rings (SSSR count). The van der Waals surface area contributed by atoms with Crippen LogP contribution in [0.2, 0.25) is 0 Å². The van der Waals surface area contributed by atoms with Gasteiger partial charge < -0.3 is 10.3 Å². The Bertz CT molecular complexity index is 1180. The molecule has 0 fully saturated rings. The second-order valence-corrected chi connectivity index (χ2v) is 8.53. The van der Waals surface area contributed by atoms with Crippen molar-refractivity contribution in [3.05, 3.63) is 74.8 Å². The number of hydrogen-bond acceptors (Lipinski definition) is 5. The van der Waals surface area contributed by atoms with Crippen molar-refractivity contribution in [2.24, 2.45) is 0 Å². The van der Waals surface area contributed by atoms with Crippen LogP contribution in [0, 0.1) is 6.92 Å². The zero-order valence-electron chi connectivity index (χ0n) is 15.8. The Hall–Kier alpha value is -2.84. The number of aromatic amines is 1. The fourth-order valence-corrected chi connectivity index (χ4v) is 4.59. The summed E-state index contributed by atoms with van der Waals surface area (Å²) in [5.74, 6) is 0.115. The minimum Gasteiger partial charge on any atom is -0.355 e. The van der Waals surface area contributed by atoms with Gasteiger partial charge in [-0.3, -0.25) is 14.2 Å². The lowest BCUT2D eigenvalue weighted by Crippen LogP contribution is -2.28. The molecule has 0 aliphatic carbocycles. The summed E-state index contributed by atoms with van der Waals surface area (Å²) >= 11 is 2.95. The van der Waals surface area contributed by atoms with Crippen molar-refractivity contribution in [1.82, 2.24) is 19.9 Å². The Labute approximate surface area is 176 Å². The van der Waals surface area contributed by atoms with Gasteiger partial charge in [0.25, 0.3) is 5.56 Å². The highest BCUT2D eigenvalue weighted by atomic mass is 32.2. The van der Waals surface area contributed by atoms with Crippen LogP contribution in [-0.4, -0.2) is 32.7 Å². The minimum absolute atomic E-state index is 0.0780. The lowest BCUT2D eigenvalue weighted by atomic mass is 10.3. The van der Waals surface area contributed by atoms with Gasteiger partial charge in [-0.25, -0.2) is 4.98 Å². The topological polar surface area (TPSA) is 79.8 Å². The summed E-state index contributed by atoms with van der Waals surface area (Å²) in [5.41, 5.74) is 2.50. The molecule has 0 spiro atoms. The number of para-hydroxylation sites is 1. The molecule has 0 saturated heterocycles. The van der Waals surface area contributed by atoms with Crippen LogP contribution in [-0.2, 0) is 11.2 Å². The number of thiophene rings is 1. The molecule has 0 aliphatic rings. The van der Waals surface area contributed by atoms with Gasteiger partial charge >= 0.3 is 0 Å².